The topological polar surface area (TPSA) is 55.1 Å². The summed E-state index contributed by atoms with van der Waals surface area (Å²) in [7, 11) is 0. The number of aryl methyl sites for hydroxylation is 1. The highest BCUT2D eigenvalue weighted by Crippen LogP contribution is 2.24. The van der Waals surface area contributed by atoms with Crippen LogP contribution >= 0.6 is 11.6 Å². The Morgan fingerprint density at radius 2 is 2.16 bits per heavy atom. The molecule has 0 radical (unpaired) electrons. The van der Waals surface area contributed by atoms with Gasteiger partial charge in [0.05, 0.1) is 6.20 Å². The number of benzene rings is 1. The summed E-state index contributed by atoms with van der Waals surface area (Å²) < 4.78 is 5.11. The van der Waals surface area contributed by atoms with E-state index in [9.17, 15) is 4.79 Å². The van der Waals surface area contributed by atoms with E-state index in [1.54, 1.807) is 12.1 Å². The van der Waals surface area contributed by atoms with E-state index in [1.807, 2.05) is 26.8 Å². The summed E-state index contributed by atoms with van der Waals surface area (Å²) in [6.45, 7) is 5.83. The third-order valence-electron chi connectivity index (χ3n) is 2.80. The molecular formula is C14H15ClN2O2. The molecule has 100 valence electrons. The van der Waals surface area contributed by atoms with Gasteiger partial charge in [0.25, 0.3) is 5.91 Å². The summed E-state index contributed by atoms with van der Waals surface area (Å²) in [5.74, 6) is 0.581. The number of carbonyl (C=O) groups excluding carboxylic acids is 1. The fraction of sp³-hybridized carbons (Fsp3) is 0.286. The van der Waals surface area contributed by atoms with Crippen molar-refractivity contribution in [3.05, 3.63) is 46.3 Å². The molecule has 5 heteroatoms. The Morgan fingerprint density at radius 1 is 1.42 bits per heavy atom. The van der Waals surface area contributed by atoms with Gasteiger partial charge in [-0.25, -0.2) is 0 Å². The van der Waals surface area contributed by atoms with E-state index in [1.165, 1.54) is 6.20 Å². The van der Waals surface area contributed by atoms with Gasteiger partial charge in [0.15, 0.2) is 5.76 Å². The van der Waals surface area contributed by atoms with Crippen LogP contribution in [0, 0.1) is 6.92 Å². The average Bonchev–Trinajstić information content (AvgIpc) is 2.80. The predicted octanol–water partition coefficient (Wildman–Crippen LogP) is 4.01. The summed E-state index contributed by atoms with van der Waals surface area (Å²) in [6.07, 6.45) is 1.50. The van der Waals surface area contributed by atoms with Crippen LogP contribution in [0.2, 0.25) is 5.02 Å². The van der Waals surface area contributed by atoms with Crippen molar-refractivity contribution < 1.29 is 9.32 Å². The highest BCUT2D eigenvalue weighted by Gasteiger charge is 2.15. The van der Waals surface area contributed by atoms with Crippen LogP contribution < -0.4 is 5.32 Å². The van der Waals surface area contributed by atoms with E-state index in [2.05, 4.69) is 10.5 Å². The zero-order valence-electron chi connectivity index (χ0n) is 11.0. The molecule has 1 aromatic heterocycles. The van der Waals surface area contributed by atoms with Gasteiger partial charge in [-0.05, 0) is 24.6 Å². The maximum atomic E-state index is 12.1. The number of hydrogen-bond acceptors (Lipinski definition) is 3. The molecule has 1 heterocycles. The molecule has 19 heavy (non-hydrogen) atoms. The lowest BCUT2D eigenvalue weighted by Gasteiger charge is -2.07. The number of halogens is 1. The zero-order valence-corrected chi connectivity index (χ0v) is 11.8. The SMILES string of the molecule is Cc1ccc(C(=O)Nc2cnoc2C(C)C)cc1Cl. The van der Waals surface area contributed by atoms with E-state index in [-0.39, 0.29) is 11.8 Å². The Labute approximate surface area is 116 Å². The predicted molar refractivity (Wildman–Crippen MR) is 74.7 cm³/mol. The maximum absolute atomic E-state index is 12.1. The molecule has 0 aliphatic carbocycles. The number of aromatic nitrogens is 1. The molecule has 4 nitrogen and oxygen atoms in total. The summed E-state index contributed by atoms with van der Waals surface area (Å²) in [5.41, 5.74) is 2.04. The molecule has 1 amide bonds. The van der Waals surface area contributed by atoms with Gasteiger partial charge in [-0.1, -0.05) is 36.7 Å². The van der Waals surface area contributed by atoms with Crippen molar-refractivity contribution in [2.45, 2.75) is 26.7 Å². The molecule has 2 rings (SSSR count). The summed E-state index contributed by atoms with van der Waals surface area (Å²) >= 11 is 6.01. The molecule has 0 aliphatic rings. The minimum Gasteiger partial charge on any atom is -0.359 e. The number of anilines is 1. The van der Waals surface area contributed by atoms with Gasteiger partial charge in [0.2, 0.25) is 0 Å². The Kier molecular flexibility index (Phi) is 3.90. The average molecular weight is 279 g/mol. The van der Waals surface area contributed by atoms with Crippen LogP contribution in [-0.2, 0) is 0 Å². The standard InChI is InChI=1S/C14H15ClN2O2/c1-8(2)13-12(7-16-19-13)17-14(18)10-5-4-9(3)11(15)6-10/h4-8H,1-3H3,(H,17,18). The van der Waals surface area contributed by atoms with Gasteiger partial charge >= 0.3 is 0 Å². The first kappa shape index (κ1) is 13.6. The molecule has 0 spiro atoms. The molecule has 0 atom stereocenters. The van der Waals surface area contributed by atoms with E-state index >= 15 is 0 Å². The lowest BCUT2D eigenvalue weighted by molar-refractivity contribution is 0.102. The van der Waals surface area contributed by atoms with Crippen LogP contribution in [0.3, 0.4) is 0 Å². The third kappa shape index (κ3) is 2.96. The minimum atomic E-state index is -0.230. The monoisotopic (exact) mass is 278 g/mol. The van der Waals surface area contributed by atoms with Crippen molar-refractivity contribution in [3.8, 4) is 0 Å². The van der Waals surface area contributed by atoms with Gasteiger partial charge in [0.1, 0.15) is 5.69 Å². The number of hydrogen-bond donors (Lipinski definition) is 1. The van der Waals surface area contributed by atoms with Crippen molar-refractivity contribution in [2.75, 3.05) is 5.32 Å². The first-order valence-electron chi connectivity index (χ1n) is 6.01. The van der Waals surface area contributed by atoms with Crippen LogP contribution in [0.5, 0.6) is 0 Å². The molecule has 0 aliphatic heterocycles. The minimum absolute atomic E-state index is 0.152. The van der Waals surface area contributed by atoms with Gasteiger partial charge in [-0.15, -0.1) is 0 Å². The largest absolute Gasteiger partial charge is 0.359 e. The van der Waals surface area contributed by atoms with Crippen molar-refractivity contribution >= 4 is 23.2 Å². The molecule has 1 aromatic carbocycles. The summed E-state index contributed by atoms with van der Waals surface area (Å²) in [5, 5.41) is 7.06. The van der Waals surface area contributed by atoms with Crippen LogP contribution in [-0.4, -0.2) is 11.1 Å². The van der Waals surface area contributed by atoms with Crippen LogP contribution in [0.1, 0.15) is 41.4 Å². The van der Waals surface area contributed by atoms with Crippen molar-refractivity contribution in [3.63, 3.8) is 0 Å². The molecule has 0 unspecified atom stereocenters. The van der Waals surface area contributed by atoms with E-state index < -0.39 is 0 Å². The second-order valence-electron chi connectivity index (χ2n) is 4.68. The first-order valence-corrected chi connectivity index (χ1v) is 6.39. The summed E-state index contributed by atoms with van der Waals surface area (Å²) in [4.78, 5) is 12.1. The fourth-order valence-corrected chi connectivity index (χ4v) is 1.87. The van der Waals surface area contributed by atoms with Crippen LogP contribution in [0.15, 0.2) is 28.9 Å². The number of amides is 1. The Bertz CT molecular complexity index is 605. The van der Waals surface area contributed by atoms with Crippen molar-refractivity contribution in [1.29, 1.82) is 0 Å². The number of nitrogens with zero attached hydrogens (tertiary/aromatic N) is 1. The smallest absolute Gasteiger partial charge is 0.255 e. The molecule has 2 aromatic rings. The zero-order chi connectivity index (χ0) is 14.0. The molecule has 0 saturated heterocycles. The first-order chi connectivity index (χ1) is 8.99. The van der Waals surface area contributed by atoms with Crippen LogP contribution in [0.25, 0.3) is 0 Å². The number of rotatable bonds is 3. The Morgan fingerprint density at radius 3 is 2.79 bits per heavy atom. The molecular weight excluding hydrogens is 264 g/mol. The van der Waals surface area contributed by atoms with Crippen molar-refractivity contribution in [2.24, 2.45) is 0 Å². The second kappa shape index (κ2) is 5.45. The normalized spacial score (nSPS) is 10.8. The van der Waals surface area contributed by atoms with E-state index in [0.29, 0.717) is 22.0 Å². The summed E-state index contributed by atoms with van der Waals surface area (Å²) in [6, 6.07) is 5.20. The van der Waals surface area contributed by atoms with Gasteiger partial charge in [0, 0.05) is 16.5 Å². The maximum Gasteiger partial charge on any atom is 0.255 e. The van der Waals surface area contributed by atoms with Crippen molar-refractivity contribution in [1.82, 2.24) is 5.16 Å². The Hall–Kier alpha value is -1.81. The number of nitrogens with one attached hydrogen (secondary N) is 1. The lowest BCUT2D eigenvalue weighted by Crippen LogP contribution is -2.12. The molecule has 0 saturated carbocycles. The second-order valence-corrected chi connectivity index (χ2v) is 5.08. The van der Waals surface area contributed by atoms with Gasteiger partial charge in [-0.3, -0.25) is 4.79 Å². The Balaban J connectivity index is 2.21. The molecule has 1 N–H and O–H groups in total. The third-order valence-corrected chi connectivity index (χ3v) is 3.21. The van der Waals surface area contributed by atoms with E-state index in [0.717, 1.165) is 5.56 Å². The van der Waals surface area contributed by atoms with Gasteiger partial charge in [-0.2, -0.15) is 0 Å². The molecule has 0 fully saturated rings. The van der Waals surface area contributed by atoms with Crippen LogP contribution in [0.4, 0.5) is 5.69 Å². The van der Waals surface area contributed by atoms with E-state index in [4.69, 9.17) is 16.1 Å². The lowest BCUT2D eigenvalue weighted by atomic mass is 10.1. The highest BCUT2D eigenvalue weighted by molar-refractivity contribution is 6.31. The fourth-order valence-electron chi connectivity index (χ4n) is 1.69. The van der Waals surface area contributed by atoms with Gasteiger partial charge < -0.3 is 9.84 Å². The highest BCUT2D eigenvalue weighted by atomic mass is 35.5. The number of carbonyl (C=O) groups is 1. The molecule has 0 bridgehead atoms. The quantitative estimate of drug-likeness (QED) is 0.923.